The van der Waals surface area contributed by atoms with Gasteiger partial charge in [-0.1, -0.05) is 39.9 Å². The van der Waals surface area contributed by atoms with E-state index in [0.29, 0.717) is 0 Å². The van der Waals surface area contributed by atoms with Gasteiger partial charge >= 0.3 is 5.97 Å². The lowest BCUT2D eigenvalue weighted by molar-refractivity contribution is -0.131. The normalized spacial score (nSPS) is 12.4. The van der Waals surface area contributed by atoms with E-state index in [4.69, 9.17) is 10.5 Å². The van der Waals surface area contributed by atoms with Crippen LogP contribution in [0.5, 0.6) is 5.75 Å². The highest BCUT2D eigenvalue weighted by atomic mass is 28.3. The van der Waals surface area contributed by atoms with Crippen molar-refractivity contribution in [1.82, 2.24) is 5.32 Å². The number of carbonyl (C=O) groups excluding carboxylic acids is 3. The number of nitrogens with two attached hydrogens (primary N) is 1. The summed E-state index contributed by atoms with van der Waals surface area (Å²) in [6.07, 6.45) is 0.150. The molecule has 1 rings (SSSR count). The maximum Gasteiger partial charge on any atom is 0.308 e. The van der Waals surface area contributed by atoms with Gasteiger partial charge in [-0.3, -0.25) is 14.4 Å². The fraction of sp³-hybridized carbons (Fsp3) is 0.450. The van der Waals surface area contributed by atoms with Crippen molar-refractivity contribution in [2.45, 2.75) is 58.3 Å². The van der Waals surface area contributed by atoms with Crippen LogP contribution in [0.2, 0.25) is 18.1 Å². The first-order valence-corrected chi connectivity index (χ1v) is 11.7. The van der Waals surface area contributed by atoms with Crippen LogP contribution in [-0.2, 0) is 9.59 Å². The molecule has 3 N–H and O–H groups in total. The number of esters is 1. The van der Waals surface area contributed by atoms with Crippen molar-refractivity contribution in [1.29, 1.82) is 0 Å². The van der Waals surface area contributed by atoms with E-state index >= 15 is 0 Å². The molecule has 0 saturated carbocycles. The van der Waals surface area contributed by atoms with E-state index < -0.39 is 31.9 Å². The van der Waals surface area contributed by atoms with Gasteiger partial charge in [0.2, 0.25) is 5.91 Å². The fourth-order valence-electron chi connectivity index (χ4n) is 1.89. The highest BCUT2D eigenvalue weighted by Crippen LogP contribution is 2.35. The van der Waals surface area contributed by atoms with Crippen molar-refractivity contribution < 1.29 is 19.1 Å². The Morgan fingerprint density at radius 2 is 1.89 bits per heavy atom. The molecule has 0 fully saturated rings. The molecular weight excluding hydrogens is 360 g/mol. The molecule has 0 radical (unpaired) electrons. The number of rotatable bonds is 5. The summed E-state index contributed by atoms with van der Waals surface area (Å²) in [5.74, 6) is 1.67. The van der Waals surface area contributed by atoms with Gasteiger partial charge in [-0.2, -0.15) is 0 Å². The van der Waals surface area contributed by atoms with Crippen molar-refractivity contribution in [3.05, 3.63) is 29.8 Å². The smallest absolute Gasteiger partial charge is 0.308 e. The minimum absolute atomic E-state index is 0.0998. The van der Waals surface area contributed by atoms with Crippen LogP contribution in [0.4, 0.5) is 0 Å². The number of hydrogen-bond donors (Lipinski definition) is 2. The number of carbonyl (C=O) groups is 3. The topological polar surface area (TPSA) is 98.5 Å². The number of amides is 2. The summed E-state index contributed by atoms with van der Waals surface area (Å²) in [6, 6.07) is 5.24. The second kappa shape index (κ2) is 8.87. The van der Waals surface area contributed by atoms with Crippen molar-refractivity contribution in [2.24, 2.45) is 5.73 Å². The molecule has 0 saturated heterocycles. The predicted molar refractivity (Wildman–Crippen MR) is 108 cm³/mol. The van der Waals surface area contributed by atoms with Gasteiger partial charge in [-0.05, 0) is 23.2 Å². The Balaban J connectivity index is 2.88. The van der Waals surface area contributed by atoms with Gasteiger partial charge in [0.15, 0.2) is 0 Å². The second-order valence-electron chi connectivity index (χ2n) is 7.93. The summed E-state index contributed by atoms with van der Waals surface area (Å²) in [5.41, 5.74) is 8.98. The molecule has 1 atom stereocenters. The average molecular weight is 389 g/mol. The zero-order valence-electron chi connectivity index (χ0n) is 16.8. The number of nitrogens with one attached hydrogen (secondary N) is 1. The van der Waals surface area contributed by atoms with Crippen LogP contribution in [0, 0.1) is 11.5 Å². The maximum atomic E-state index is 12.4. The Morgan fingerprint density at radius 3 is 2.41 bits per heavy atom. The largest absolute Gasteiger partial charge is 0.427 e. The van der Waals surface area contributed by atoms with Gasteiger partial charge in [0, 0.05) is 18.9 Å². The summed E-state index contributed by atoms with van der Waals surface area (Å²) in [5, 5.41) is 2.70. The first-order valence-electron chi connectivity index (χ1n) is 8.72. The Labute approximate surface area is 161 Å². The Morgan fingerprint density at radius 1 is 1.26 bits per heavy atom. The summed E-state index contributed by atoms with van der Waals surface area (Å²) in [6.45, 7) is 12.1. The number of primary amides is 1. The van der Waals surface area contributed by atoms with Crippen LogP contribution < -0.4 is 15.8 Å². The van der Waals surface area contributed by atoms with Gasteiger partial charge in [0.1, 0.15) is 19.9 Å². The highest BCUT2D eigenvalue weighted by molar-refractivity contribution is 6.87. The van der Waals surface area contributed by atoms with Crippen molar-refractivity contribution >= 4 is 25.9 Å². The van der Waals surface area contributed by atoms with Gasteiger partial charge in [0.25, 0.3) is 5.91 Å². The molecule has 1 aromatic carbocycles. The van der Waals surface area contributed by atoms with Crippen molar-refractivity contribution in [2.75, 3.05) is 0 Å². The summed E-state index contributed by atoms with van der Waals surface area (Å²) in [4.78, 5) is 35.2. The summed E-state index contributed by atoms with van der Waals surface area (Å²) in [7, 11) is -1.81. The van der Waals surface area contributed by atoms with E-state index in [9.17, 15) is 14.4 Å². The predicted octanol–water partition coefficient (Wildman–Crippen LogP) is 2.64. The van der Waals surface area contributed by atoms with E-state index in [1.807, 2.05) is 0 Å². The van der Waals surface area contributed by atoms with Crippen LogP contribution in [0.25, 0.3) is 0 Å². The first kappa shape index (κ1) is 22.4. The molecule has 0 unspecified atom stereocenters. The molecule has 0 spiro atoms. The molecular formula is C20H28N2O4Si. The molecule has 0 aromatic heterocycles. The van der Waals surface area contributed by atoms with Gasteiger partial charge in [-0.15, -0.1) is 11.5 Å². The Kier molecular flexibility index (Phi) is 7.37. The molecule has 6 nitrogen and oxygen atoms in total. The molecule has 27 heavy (non-hydrogen) atoms. The van der Waals surface area contributed by atoms with Crippen LogP contribution in [0.3, 0.4) is 0 Å². The lowest BCUT2D eigenvalue weighted by atomic mass is 10.1. The van der Waals surface area contributed by atoms with E-state index in [2.05, 4.69) is 50.6 Å². The Hall–Kier alpha value is -2.59. The van der Waals surface area contributed by atoms with Crippen molar-refractivity contribution in [3.63, 3.8) is 0 Å². The average Bonchev–Trinajstić information content (AvgIpc) is 2.52. The fourth-order valence-corrected chi connectivity index (χ4v) is 2.81. The van der Waals surface area contributed by atoms with E-state index in [1.165, 1.54) is 13.0 Å². The number of hydrogen-bond acceptors (Lipinski definition) is 4. The standard InChI is InChI=1S/C20H28N2O4Si/c1-14(23)26-16-10-7-9-15(13-16)19(25)22-17(18(21)24)11-8-12-27(5,6)20(2,3)4/h7,9-10,13,17H,11H2,1-6H3,(H2,21,24)(H,22,25)/t17-/m0/s1. The lowest BCUT2D eigenvalue weighted by Crippen LogP contribution is -2.44. The molecule has 0 aliphatic rings. The van der Waals surface area contributed by atoms with Crippen LogP contribution in [0.1, 0.15) is 44.5 Å². The third-order valence-corrected chi connectivity index (χ3v) is 9.14. The third kappa shape index (κ3) is 6.91. The quantitative estimate of drug-likeness (QED) is 0.351. The minimum Gasteiger partial charge on any atom is -0.427 e. The van der Waals surface area contributed by atoms with E-state index in [-0.39, 0.29) is 22.8 Å². The van der Waals surface area contributed by atoms with Crippen molar-refractivity contribution in [3.8, 4) is 17.2 Å². The molecule has 0 heterocycles. The third-order valence-electron chi connectivity index (χ3n) is 4.59. The van der Waals surface area contributed by atoms with E-state index in [1.54, 1.807) is 18.2 Å². The lowest BCUT2D eigenvalue weighted by Gasteiger charge is -2.31. The zero-order valence-corrected chi connectivity index (χ0v) is 17.8. The van der Waals surface area contributed by atoms with E-state index in [0.717, 1.165) is 0 Å². The second-order valence-corrected chi connectivity index (χ2v) is 12.9. The molecule has 146 valence electrons. The van der Waals surface area contributed by atoms with Crippen LogP contribution in [0.15, 0.2) is 24.3 Å². The van der Waals surface area contributed by atoms with Gasteiger partial charge in [0.05, 0.1) is 0 Å². The minimum atomic E-state index is -1.81. The summed E-state index contributed by atoms with van der Waals surface area (Å²) >= 11 is 0. The molecule has 7 heteroatoms. The maximum absolute atomic E-state index is 12.4. The Bertz CT molecular complexity index is 785. The van der Waals surface area contributed by atoms with Gasteiger partial charge < -0.3 is 15.8 Å². The monoisotopic (exact) mass is 388 g/mol. The first-order chi connectivity index (χ1) is 12.3. The van der Waals surface area contributed by atoms with Crippen LogP contribution >= 0.6 is 0 Å². The zero-order chi connectivity index (χ0) is 20.8. The molecule has 2 amide bonds. The summed E-state index contributed by atoms with van der Waals surface area (Å²) < 4.78 is 4.96. The molecule has 0 aliphatic heterocycles. The van der Waals surface area contributed by atoms with Crippen LogP contribution in [-0.4, -0.2) is 31.9 Å². The highest BCUT2D eigenvalue weighted by Gasteiger charge is 2.33. The molecule has 0 aliphatic carbocycles. The molecule has 1 aromatic rings. The number of ether oxygens (including phenoxy) is 1. The SMILES string of the molecule is CC(=O)Oc1cccc(C(=O)N[C@@H](CC#C[Si](C)(C)C(C)(C)C)C(N)=O)c1. The molecule has 0 bridgehead atoms. The number of benzene rings is 1. The van der Waals surface area contributed by atoms with Gasteiger partial charge in [-0.25, -0.2) is 0 Å².